The van der Waals surface area contributed by atoms with Gasteiger partial charge in [0.1, 0.15) is 6.61 Å². The fourth-order valence-corrected chi connectivity index (χ4v) is 9.23. The van der Waals surface area contributed by atoms with Gasteiger partial charge in [0.2, 0.25) is 0 Å². The highest BCUT2D eigenvalue weighted by Gasteiger charge is 2.26. The van der Waals surface area contributed by atoms with E-state index in [0.717, 1.165) is 96.3 Å². The minimum absolute atomic E-state index is 0.0487. The highest BCUT2D eigenvalue weighted by Crippen LogP contribution is 2.43. The number of ether oxygens (including phenoxy) is 2. The van der Waals surface area contributed by atoms with Crippen LogP contribution in [0.5, 0.6) is 0 Å². The Morgan fingerprint density at radius 1 is 0.431 bits per heavy atom. The number of carbonyl (C=O) groups is 2. The van der Waals surface area contributed by atoms with E-state index in [1.807, 2.05) is 0 Å². The number of hydrogen-bond acceptors (Lipinski definition) is 8. The Balaban J connectivity index is 3.98. The van der Waals surface area contributed by atoms with Crippen molar-refractivity contribution in [1.29, 1.82) is 0 Å². The molecule has 0 radical (unpaired) electrons. The van der Waals surface area contributed by atoms with E-state index in [1.54, 1.807) is 0 Å². The first-order valence-electron chi connectivity index (χ1n) is 29.9. The van der Waals surface area contributed by atoms with Crippen LogP contribution in [0.2, 0.25) is 0 Å². The molecule has 0 bridgehead atoms. The average Bonchev–Trinajstić information content (AvgIpc) is 3.37. The third kappa shape index (κ3) is 56.7. The Bertz CT molecular complexity index is 1410. The maximum absolute atomic E-state index is 12.7. The first kappa shape index (κ1) is 69.5. The summed E-state index contributed by atoms with van der Waals surface area (Å²) in [5, 5.41) is 0. The molecular formula is C62H112NO8P. The SMILES string of the molecule is CC/C=C\C/C=C\C/C=C\C/C=C\C/C=C\C/C=C\CCCCCCCCC(=O)OC(COC(=O)CCCCCCCCCCCCCCCCCCCCCCCCCCCC)COP(=O)(O)OCCN. The van der Waals surface area contributed by atoms with Crippen LogP contribution in [0.4, 0.5) is 0 Å². The molecule has 9 nitrogen and oxygen atoms in total. The number of nitrogens with two attached hydrogens (primary N) is 1. The van der Waals surface area contributed by atoms with Crippen molar-refractivity contribution in [3.05, 3.63) is 72.9 Å². The maximum Gasteiger partial charge on any atom is 0.472 e. The van der Waals surface area contributed by atoms with Gasteiger partial charge in [-0.1, -0.05) is 273 Å². The molecule has 0 rings (SSSR count). The summed E-state index contributed by atoms with van der Waals surface area (Å²) in [5.74, 6) is -0.837. The molecule has 2 unspecified atom stereocenters. The van der Waals surface area contributed by atoms with Crippen LogP contribution < -0.4 is 5.73 Å². The molecule has 0 aromatic rings. The summed E-state index contributed by atoms with van der Waals surface area (Å²) in [6.07, 6.45) is 73.9. The fourth-order valence-electron chi connectivity index (χ4n) is 8.47. The predicted molar refractivity (Wildman–Crippen MR) is 307 cm³/mol. The summed E-state index contributed by atoms with van der Waals surface area (Å²) in [4.78, 5) is 35.2. The Labute approximate surface area is 443 Å². The highest BCUT2D eigenvalue weighted by atomic mass is 31.2. The fraction of sp³-hybridized carbons (Fsp3) is 0.774. The van der Waals surface area contributed by atoms with Crippen molar-refractivity contribution in [2.75, 3.05) is 26.4 Å². The predicted octanol–water partition coefficient (Wildman–Crippen LogP) is 18.9. The molecule has 0 saturated carbocycles. The zero-order chi connectivity index (χ0) is 52.4. The van der Waals surface area contributed by atoms with Crippen LogP contribution in [0.25, 0.3) is 0 Å². The van der Waals surface area contributed by atoms with Crippen LogP contribution >= 0.6 is 7.82 Å². The Kier molecular flexibility index (Phi) is 55.7. The van der Waals surface area contributed by atoms with Crippen LogP contribution in [-0.2, 0) is 32.7 Å². The quantitative estimate of drug-likeness (QED) is 0.0264. The lowest BCUT2D eigenvalue weighted by Gasteiger charge is -2.19. The molecule has 0 amide bonds. The molecule has 0 aliphatic heterocycles. The number of unbranched alkanes of at least 4 members (excludes halogenated alkanes) is 31. The Hall–Kier alpha value is -2.55. The van der Waals surface area contributed by atoms with E-state index in [0.29, 0.717) is 6.42 Å². The second kappa shape index (κ2) is 57.7. The number of hydrogen-bond donors (Lipinski definition) is 2. The van der Waals surface area contributed by atoms with Crippen molar-refractivity contribution in [1.82, 2.24) is 0 Å². The van der Waals surface area contributed by atoms with Gasteiger partial charge in [-0.15, -0.1) is 0 Å². The standard InChI is InChI=1S/C62H112NO8P/c1-3-5-7-9-11-13-15-17-19-21-23-25-27-29-31-32-34-36-38-40-42-44-46-48-50-52-54-61(64)68-58-60(59-70-72(66,67)69-57-56-63)71-62(65)55-53-51-49-47-45-43-41-39-37-35-33-30-28-26-24-22-20-18-16-14-12-10-8-6-4-2/h6,8,12,14,18,20,24,26,30,33,37,39,60H,3-5,7,9-11,13,15-17,19,21-23,25,27-29,31-32,34-36,38,40-59,63H2,1-2H3,(H,66,67)/b8-6-,14-12-,20-18-,26-24-,33-30-,39-37-. The lowest BCUT2D eigenvalue weighted by molar-refractivity contribution is -0.161. The third-order valence-corrected chi connectivity index (χ3v) is 13.8. The van der Waals surface area contributed by atoms with Gasteiger partial charge in [-0.2, -0.15) is 0 Å². The van der Waals surface area contributed by atoms with E-state index in [1.165, 1.54) is 148 Å². The van der Waals surface area contributed by atoms with Gasteiger partial charge in [0.05, 0.1) is 13.2 Å². The van der Waals surface area contributed by atoms with E-state index in [4.69, 9.17) is 24.3 Å². The van der Waals surface area contributed by atoms with Gasteiger partial charge in [0, 0.05) is 19.4 Å². The summed E-state index contributed by atoms with van der Waals surface area (Å²) in [6.45, 7) is 3.65. The van der Waals surface area contributed by atoms with E-state index in [-0.39, 0.29) is 38.6 Å². The van der Waals surface area contributed by atoms with Crippen molar-refractivity contribution in [2.45, 2.75) is 283 Å². The lowest BCUT2D eigenvalue weighted by Crippen LogP contribution is -2.29. The minimum atomic E-state index is -4.40. The van der Waals surface area contributed by atoms with Crippen molar-refractivity contribution in [3.8, 4) is 0 Å². The number of phosphoric acid groups is 1. The van der Waals surface area contributed by atoms with Crippen molar-refractivity contribution in [3.63, 3.8) is 0 Å². The van der Waals surface area contributed by atoms with E-state index in [9.17, 15) is 19.0 Å². The smallest absolute Gasteiger partial charge is 0.462 e. The molecular weight excluding hydrogens is 918 g/mol. The summed E-state index contributed by atoms with van der Waals surface area (Å²) < 4.78 is 33.1. The second-order valence-corrected chi connectivity index (χ2v) is 21.3. The number of carbonyl (C=O) groups excluding carboxylic acids is 2. The van der Waals surface area contributed by atoms with Crippen LogP contribution in [0, 0.1) is 0 Å². The molecule has 72 heavy (non-hydrogen) atoms. The molecule has 0 fully saturated rings. The van der Waals surface area contributed by atoms with Crippen molar-refractivity contribution in [2.24, 2.45) is 5.73 Å². The van der Waals surface area contributed by atoms with Crippen LogP contribution in [0.3, 0.4) is 0 Å². The molecule has 0 aromatic carbocycles. The number of allylic oxidation sites excluding steroid dienone is 12. The summed E-state index contributed by atoms with van der Waals surface area (Å²) >= 11 is 0. The second-order valence-electron chi connectivity index (χ2n) is 19.8. The molecule has 418 valence electrons. The number of esters is 2. The van der Waals surface area contributed by atoms with Gasteiger partial charge in [-0.05, 0) is 64.2 Å². The van der Waals surface area contributed by atoms with Crippen LogP contribution in [0.15, 0.2) is 72.9 Å². The van der Waals surface area contributed by atoms with Gasteiger partial charge >= 0.3 is 19.8 Å². The lowest BCUT2D eigenvalue weighted by atomic mass is 10.0. The molecule has 0 saturated heterocycles. The number of rotatable bonds is 56. The van der Waals surface area contributed by atoms with Crippen LogP contribution in [-0.4, -0.2) is 49.3 Å². The summed E-state index contributed by atoms with van der Waals surface area (Å²) in [5.41, 5.74) is 5.38. The van der Waals surface area contributed by atoms with Crippen LogP contribution in [0.1, 0.15) is 277 Å². The first-order chi connectivity index (χ1) is 35.3. The Morgan fingerprint density at radius 2 is 0.764 bits per heavy atom. The van der Waals surface area contributed by atoms with Gasteiger partial charge in [0.25, 0.3) is 0 Å². The maximum atomic E-state index is 12.7. The van der Waals surface area contributed by atoms with Gasteiger partial charge in [-0.3, -0.25) is 18.6 Å². The molecule has 0 aromatic heterocycles. The van der Waals surface area contributed by atoms with Crippen molar-refractivity contribution >= 4 is 19.8 Å². The molecule has 10 heteroatoms. The van der Waals surface area contributed by atoms with Crippen molar-refractivity contribution < 1.29 is 37.6 Å². The van der Waals surface area contributed by atoms with Gasteiger partial charge < -0.3 is 20.1 Å². The minimum Gasteiger partial charge on any atom is -0.462 e. The average molecular weight is 1030 g/mol. The largest absolute Gasteiger partial charge is 0.472 e. The summed E-state index contributed by atoms with van der Waals surface area (Å²) in [6, 6.07) is 0. The molecule has 0 heterocycles. The topological polar surface area (TPSA) is 134 Å². The molecule has 3 N–H and O–H groups in total. The molecule has 2 atom stereocenters. The zero-order valence-corrected chi connectivity index (χ0v) is 47.5. The van der Waals surface area contributed by atoms with E-state index in [2.05, 4.69) is 86.8 Å². The Morgan fingerprint density at radius 3 is 1.14 bits per heavy atom. The summed E-state index contributed by atoms with van der Waals surface area (Å²) in [7, 11) is -4.40. The van der Waals surface area contributed by atoms with E-state index >= 15 is 0 Å². The van der Waals surface area contributed by atoms with Gasteiger partial charge in [0.15, 0.2) is 6.10 Å². The zero-order valence-electron chi connectivity index (χ0n) is 46.7. The first-order valence-corrected chi connectivity index (χ1v) is 31.4. The monoisotopic (exact) mass is 1030 g/mol. The highest BCUT2D eigenvalue weighted by molar-refractivity contribution is 7.47. The van der Waals surface area contributed by atoms with Gasteiger partial charge in [-0.25, -0.2) is 4.57 Å². The normalized spacial score (nSPS) is 13.6. The molecule has 0 aliphatic rings. The van der Waals surface area contributed by atoms with E-state index < -0.39 is 26.5 Å². The number of phosphoric ester groups is 1. The molecule has 0 aliphatic carbocycles. The molecule has 0 spiro atoms. The third-order valence-electron chi connectivity index (χ3n) is 12.9.